The summed E-state index contributed by atoms with van der Waals surface area (Å²) in [4.78, 5) is 23.4. The fraction of sp³-hybridized carbons (Fsp3) is 0.105. The van der Waals surface area contributed by atoms with Crippen molar-refractivity contribution in [2.45, 2.75) is 0 Å². The van der Waals surface area contributed by atoms with Gasteiger partial charge in [0.05, 0.1) is 12.2 Å². The predicted molar refractivity (Wildman–Crippen MR) is 94.5 cm³/mol. The number of ether oxygens (including phenoxy) is 1. The van der Waals surface area contributed by atoms with Gasteiger partial charge in [-0.2, -0.15) is 5.26 Å². The molecular weight excluding hydrogens is 375 g/mol. The summed E-state index contributed by atoms with van der Waals surface area (Å²) in [5.41, 5.74) is 0.139. The number of hydrogen-bond donors (Lipinski definition) is 2. The molecule has 0 atom stereocenters. The normalized spacial score (nSPS) is 10.4. The van der Waals surface area contributed by atoms with Gasteiger partial charge in [-0.15, -0.1) is 0 Å². The molecule has 6 nitrogen and oxygen atoms in total. The van der Waals surface area contributed by atoms with Crippen molar-refractivity contribution in [2.75, 3.05) is 18.5 Å². The molecule has 0 saturated carbocycles. The standard InChI is InChI=1S/C19H14F3N3O3/c20-14-6-7-15(19(22)18(14)21)25-17(27)11-24-16(26)8-3-12-1-4-13(5-2-12)28-10-9-23/h1-8H,10-11H2,(H,24,26)(H,25,27). The van der Waals surface area contributed by atoms with Gasteiger partial charge in [0.1, 0.15) is 11.8 Å². The zero-order valence-corrected chi connectivity index (χ0v) is 14.3. The lowest BCUT2D eigenvalue weighted by Crippen LogP contribution is -2.32. The van der Waals surface area contributed by atoms with Crippen LogP contribution in [0.1, 0.15) is 5.56 Å². The molecule has 2 rings (SSSR count). The van der Waals surface area contributed by atoms with Gasteiger partial charge in [0.2, 0.25) is 11.8 Å². The third-order valence-electron chi connectivity index (χ3n) is 3.34. The number of carbonyl (C=O) groups is 2. The number of amides is 2. The Morgan fingerprint density at radius 3 is 2.46 bits per heavy atom. The smallest absolute Gasteiger partial charge is 0.244 e. The van der Waals surface area contributed by atoms with Gasteiger partial charge in [-0.05, 0) is 35.9 Å². The molecule has 0 aliphatic heterocycles. The molecule has 0 spiro atoms. The second-order valence-corrected chi connectivity index (χ2v) is 5.34. The first-order valence-corrected chi connectivity index (χ1v) is 7.89. The van der Waals surface area contributed by atoms with Gasteiger partial charge in [0.25, 0.3) is 0 Å². The Kier molecular flexibility index (Phi) is 7.16. The summed E-state index contributed by atoms with van der Waals surface area (Å²) in [5, 5.41) is 12.7. The molecular formula is C19H14F3N3O3. The van der Waals surface area contributed by atoms with Crippen molar-refractivity contribution >= 4 is 23.6 Å². The van der Waals surface area contributed by atoms with E-state index in [-0.39, 0.29) is 6.61 Å². The summed E-state index contributed by atoms with van der Waals surface area (Å²) in [7, 11) is 0. The number of rotatable bonds is 7. The lowest BCUT2D eigenvalue weighted by Gasteiger charge is -2.07. The maximum atomic E-state index is 13.5. The van der Waals surface area contributed by atoms with Crippen LogP contribution in [-0.2, 0) is 9.59 Å². The fourth-order valence-electron chi connectivity index (χ4n) is 2.01. The second kappa shape index (κ2) is 9.78. The van der Waals surface area contributed by atoms with Crippen LogP contribution in [0.4, 0.5) is 18.9 Å². The molecule has 0 unspecified atom stereocenters. The highest BCUT2D eigenvalue weighted by Gasteiger charge is 2.15. The van der Waals surface area contributed by atoms with Crippen LogP contribution in [0.3, 0.4) is 0 Å². The number of carbonyl (C=O) groups excluding carboxylic acids is 2. The highest BCUT2D eigenvalue weighted by Crippen LogP contribution is 2.19. The molecule has 0 aliphatic rings. The molecule has 2 aromatic rings. The van der Waals surface area contributed by atoms with E-state index in [0.717, 1.165) is 6.07 Å². The maximum Gasteiger partial charge on any atom is 0.244 e. The largest absolute Gasteiger partial charge is 0.479 e. The second-order valence-electron chi connectivity index (χ2n) is 5.34. The molecule has 0 aliphatic carbocycles. The van der Waals surface area contributed by atoms with Gasteiger partial charge in [-0.1, -0.05) is 12.1 Å². The Bertz CT molecular complexity index is 938. The van der Waals surface area contributed by atoms with Crippen molar-refractivity contribution < 1.29 is 27.5 Å². The maximum absolute atomic E-state index is 13.5. The summed E-state index contributed by atoms with van der Waals surface area (Å²) < 4.78 is 44.5. The third kappa shape index (κ3) is 5.88. The van der Waals surface area contributed by atoms with Crippen LogP contribution in [0.2, 0.25) is 0 Å². The van der Waals surface area contributed by atoms with E-state index in [2.05, 4.69) is 5.32 Å². The molecule has 9 heteroatoms. The number of halogens is 3. The van der Waals surface area contributed by atoms with Gasteiger partial charge >= 0.3 is 0 Å². The predicted octanol–water partition coefficient (Wildman–Crippen LogP) is 2.77. The Labute approximate surface area is 158 Å². The number of anilines is 1. The Morgan fingerprint density at radius 1 is 1.07 bits per heavy atom. The summed E-state index contributed by atoms with van der Waals surface area (Å²) >= 11 is 0. The summed E-state index contributed by atoms with van der Waals surface area (Å²) in [5.74, 6) is -5.50. The van der Waals surface area contributed by atoms with Crippen LogP contribution in [0.15, 0.2) is 42.5 Å². The van der Waals surface area contributed by atoms with Gasteiger partial charge in [0, 0.05) is 6.08 Å². The fourth-order valence-corrected chi connectivity index (χ4v) is 2.01. The molecule has 0 fully saturated rings. The molecule has 2 N–H and O–H groups in total. The van der Waals surface area contributed by atoms with Gasteiger partial charge in [-0.25, -0.2) is 13.2 Å². The monoisotopic (exact) mass is 389 g/mol. The van der Waals surface area contributed by atoms with Crippen molar-refractivity contribution in [2.24, 2.45) is 0 Å². The Balaban J connectivity index is 1.83. The molecule has 0 bridgehead atoms. The summed E-state index contributed by atoms with van der Waals surface area (Å²) in [6.45, 7) is -0.573. The molecule has 2 amide bonds. The first-order chi connectivity index (χ1) is 13.4. The van der Waals surface area contributed by atoms with Crippen LogP contribution < -0.4 is 15.4 Å². The van der Waals surface area contributed by atoms with Gasteiger partial charge in [-0.3, -0.25) is 9.59 Å². The van der Waals surface area contributed by atoms with Crippen LogP contribution >= 0.6 is 0 Å². The third-order valence-corrected chi connectivity index (χ3v) is 3.34. The van der Waals surface area contributed by atoms with E-state index in [1.54, 1.807) is 24.3 Å². The van der Waals surface area contributed by atoms with E-state index < -0.39 is 41.5 Å². The highest BCUT2D eigenvalue weighted by molar-refractivity contribution is 5.98. The molecule has 0 radical (unpaired) electrons. The lowest BCUT2D eigenvalue weighted by atomic mass is 10.2. The zero-order chi connectivity index (χ0) is 20.5. The Hall–Kier alpha value is -3.80. The summed E-state index contributed by atoms with van der Waals surface area (Å²) in [6.07, 6.45) is 2.66. The van der Waals surface area contributed by atoms with Crippen LogP contribution in [0, 0.1) is 28.8 Å². The zero-order valence-electron chi connectivity index (χ0n) is 14.3. The van der Waals surface area contributed by atoms with E-state index in [9.17, 15) is 22.8 Å². The Morgan fingerprint density at radius 2 is 1.79 bits per heavy atom. The molecule has 2 aromatic carbocycles. The van der Waals surface area contributed by atoms with E-state index in [1.165, 1.54) is 12.2 Å². The van der Waals surface area contributed by atoms with Crippen molar-refractivity contribution in [1.82, 2.24) is 5.32 Å². The topological polar surface area (TPSA) is 91.2 Å². The average Bonchev–Trinajstić information content (AvgIpc) is 2.70. The number of hydrogen-bond acceptors (Lipinski definition) is 4. The van der Waals surface area contributed by atoms with Crippen LogP contribution in [0.5, 0.6) is 5.75 Å². The highest BCUT2D eigenvalue weighted by atomic mass is 19.2. The van der Waals surface area contributed by atoms with E-state index >= 15 is 0 Å². The molecule has 28 heavy (non-hydrogen) atoms. The molecule has 144 valence electrons. The van der Waals surface area contributed by atoms with Crippen LogP contribution in [-0.4, -0.2) is 25.0 Å². The van der Waals surface area contributed by atoms with Crippen LogP contribution in [0.25, 0.3) is 6.08 Å². The number of nitrogens with one attached hydrogen (secondary N) is 2. The minimum atomic E-state index is -1.70. The lowest BCUT2D eigenvalue weighted by molar-refractivity contribution is -0.121. The number of benzene rings is 2. The minimum Gasteiger partial charge on any atom is -0.479 e. The molecule has 0 saturated heterocycles. The SMILES string of the molecule is N#CCOc1ccc(C=CC(=O)NCC(=O)Nc2ccc(F)c(F)c2F)cc1. The van der Waals surface area contributed by atoms with E-state index in [0.29, 0.717) is 17.4 Å². The molecule has 0 aromatic heterocycles. The number of nitriles is 1. The molecule has 0 heterocycles. The van der Waals surface area contributed by atoms with Crippen molar-refractivity contribution in [3.63, 3.8) is 0 Å². The van der Waals surface area contributed by atoms with Crippen molar-refractivity contribution in [1.29, 1.82) is 5.26 Å². The average molecular weight is 389 g/mol. The number of nitrogens with zero attached hydrogens (tertiary/aromatic N) is 1. The summed E-state index contributed by atoms with van der Waals surface area (Å²) in [6, 6.07) is 9.96. The van der Waals surface area contributed by atoms with E-state index in [1.807, 2.05) is 11.4 Å². The van der Waals surface area contributed by atoms with Gasteiger partial charge < -0.3 is 15.4 Å². The van der Waals surface area contributed by atoms with Gasteiger partial charge in [0.15, 0.2) is 24.1 Å². The van der Waals surface area contributed by atoms with Crippen molar-refractivity contribution in [3.05, 3.63) is 65.5 Å². The first-order valence-electron chi connectivity index (χ1n) is 7.89. The minimum absolute atomic E-state index is 0.0753. The quantitative estimate of drug-likeness (QED) is 0.563. The first kappa shape index (κ1) is 20.5. The van der Waals surface area contributed by atoms with E-state index in [4.69, 9.17) is 10.00 Å². The van der Waals surface area contributed by atoms with Crippen molar-refractivity contribution in [3.8, 4) is 11.8 Å².